The van der Waals surface area contributed by atoms with Crippen molar-refractivity contribution in [3.8, 4) is 0 Å². The molecule has 1 atom stereocenters. The van der Waals surface area contributed by atoms with Crippen molar-refractivity contribution in [2.75, 3.05) is 5.32 Å². The number of carbonyl (C=O) groups is 1. The van der Waals surface area contributed by atoms with Gasteiger partial charge in [0.1, 0.15) is 6.04 Å². The number of hydrogen-bond donors (Lipinski definition) is 1. The van der Waals surface area contributed by atoms with E-state index < -0.39 is 0 Å². The van der Waals surface area contributed by atoms with Crippen LogP contribution in [0.4, 0.5) is 5.69 Å². The summed E-state index contributed by atoms with van der Waals surface area (Å²) in [4.78, 5) is 17.5. The van der Waals surface area contributed by atoms with E-state index in [4.69, 9.17) is 0 Å². The highest BCUT2D eigenvalue weighted by Crippen LogP contribution is 2.25. The van der Waals surface area contributed by atoms with Crippen molar-refractivity contribution in [2.24, 2.45) is 4.99 Å². The highest BCUT2D eigenvalue weighted by atomic mass is 32.1. The van der Waals surface area contributed by atoms with Gasteiger partial charge >= 0.3 is 0 Å². The van der Waals surface area contributed by atoms with Gasteiger partial charge in [-0.25, -0.2) is 0 Å². The third kappa shape index (κ3) is 1.84. The molecule has 3 nitrogen and oxygen atoms in total. The molecule has 1 aromatic heterocycles. The van der Waals surface area contributed by atoms with Crippen molar-refractivity contribution in [1.82, 2.24) is 0 Å². The molecule has 0 saturated heterocycles. The Bertz CT molecular complexity index is 616. The Morgan fingerprint density at radius 3 is 2.83 bits per heavy atom. The predicted molar refractivity (Wildman–Crippen MR) is 74.5 cm³/mol. The number of carbonyl (C=O) groups excluding carboxylic acids is 1. The van der Waals surface area contributed by atoms with Crippen LogP contribution in [0.25, 0.3) is 0 Å². The summed E-state index contributed by atoms with van der Waals surface area (Å²) in [6.07, 6.45) is 0. The Kier molecular flexibility index (Phi) is 2.72. The van der Waals surface area contributed by atoms with E-state index in [1.807, 2.05) is 48.7 Å². The molecule has 1 aromatic carbocycles. The van der Waals surface area contributed by atoms with Crippen LogP contribution in [0.3, 0.4) is 0 Å². The van der Waals surface area contributed by atoms with Crippen LogP contribution < -0.4 is 5.32 Å². The first kappa shape index (κ1) is 11.2. The molecule has 1 amide bonds. The Labute approximate surface area is 109 Å². The van der Waals surface area contributed by atoms with E-state index >= 15 is 0 Å². The molecule has 2 aromatic rings. The minimum atomic E-state index is -0.366. The van der Waals surface area contributed by atoms with Crippen LogP contribution in [-0.2, 0) is 4.79 Å². The minimum absolute atomic E-state index is 0.0611. The number of nitrogens with one attached hydrogen (secondary N) is 1. The van der Waals surface area contributed by atoms with E-state index in [1.165, 1.54) is 0 Å². The van der Waals surface area contributed by atoms with Crippen molar-refractivity contribution >= 4 is 28.6 Å². The number of anilines is 1. The molecule has 2 heterocycles. The lowest BCUT2D eigenvalue weighted by molar-refractivity contribution is -0.116. The molecule has 0 fully saturated rings. The molecule has 1 unspecified atom stereocenters. The zero-order valence-corrected chi connectivity index (χ0v) is 10.7. The Balaban J connectivity index is 2.21. The summed E-state index contributed by atoms with van der Waals surface area (Å²) in [7, 11) is 0. The van der Waals surface area contributed by atoms with Gasteiger partial charge in [-0.05, 0) is 24.4 Å². The zero-order valence-electron chi connectivity index (χ0n) is 9.88. The van der Waals surface area contributed by atoms with Gasteiger partial charge in [-0.1, -0.05) is 24.3 Å². The SMILES string of the molecule is CC1N=C(c2cccs2)c2ccccc2NC1=O. The molecule has 3 rings (SSSR count). The molecular formula is C14H12N2OS. The van der Waals surface area contributed by atoms with Crippen LogP contribution >= 0.6 is 11.3 Å². The maximum atomic E-state index is 11.9. The molecule has 0 aliphatic carbocycles. The fraction of sp³-hybridized carbons (Fsp3) is 0.143. The second-order valence-corrected chi connectivity index (χ2v) is 5.11. The van der Waals surface area contributed by atoms with E-state index in [-0.39, 0.29) is 11.9 Å². The largest absolute Gasteiger partial charge is 0.324 e. The van der Waals surface area contributed by atoms with Crippen LogP contribution in [0, 0.1) is 0 Å². The number of aliphatic imine (C=N–C) groups is 1. The molecule has 0 bridgehead atoms. The van der Waals surface area contributed by atoms with Crippen LogP contribution in [0.15, 0.2) is 46.8 Å². The number of para-hydroxylation sites is 1. The van der Waals surface area contributed by atoms with Crippen LogP contribution in [0.1, 0.15) is 17.4 Å². The second-order valence-electron chi connectivity index (χ2n) is 4.17. The first-order valence-corrected chi connectivity index (χ1v) is 6.65. The van der Waals surface area contributed by atoms with Gasteiger partial charge in [-0.15, -0.1) is 11.3 Å². The smallest absolute Gasteiger partial charge is 0.248 e. The summed E-state index contributed by atoms with van der Waals surface area (Å²) in [5, 5.41) is 4.93. The molecule has 1 aliphatic heterocycles. The molecular weight excluding hydrogens is 244 g/mol. The van der Waals surface area contributed by atoms with E-state index in [2.05, 4.69) is 10.3 Å². The van der Waals surface area contributed by atoms with E-state index in [9.17, 15) is 4.79 Å². The predicted octanol–water partition coefficient (Wildman–Crippen LogP) is 2.93. The summed E-state index contributed by atoms with van der Waals surface area (Å²) in [6.45, 7) is 1.81. The number of fused-ring (bicyclic) bond motifs is 1. The van der Waals surface area contributed by atoms with Gasteiger partial charge in [0.25, 0.3) is 0 Å². The lowest BCUT2D eigenvalue weighted by atomic mass is 10.1. The third-order valence-corrected chi connectivity index (χ3v) is 3.77. The molecule has 18 heavy (non-hydrogen) atoms. The first-order valence-electron chi connectivity index (χ1n) is 5.77. The number of benzodiazepines with no additional fused rings is 1. The summed E-state index contributed by atoms with van der Waals surface area (Å²) in [6, 6.07) is 11.4. The minimum Gasteiger partial charge on any atom is -0.324 e. The van der Waals surface area contributed by atoms with E-state index in [0.717, 1.165) is 21.8 Å². The Morgan fingerprint density at radius 2 is 2.06 bits per heavy atom. The molecule has 0 radical (unpaired) electrons. The van der Waals surface area contributed by atoms with Crippen molar-refractivity contribution < 1.29 is 4.79 Å². The fourth-order valence-corrected chi connectivity index (χ4v) is 2.70. The van der Waals surface area contributed by atoms with Gasteiger partial charge in [0, 0.05) is 5.56 Å². The number of rotatable bonds is 1. The van der Waals surface area contributed by atoms with Crippen LogP contribution in [-0.4, -0.2) is 17.7 Å². The number of benzene rings is 1. The standard InChI is InChI=1S/C14H12N2OS/c1-9-14(17)16-11-6-3-2-5-10(11)13(15-9)12-7-4-8-18-12/h2-9H,1H3,(H,16,17). The van der Waals surface area contributed by atoms with Gasteiger partial charge < -0.3 is 5.32 Å². The molecule has 1 aliphatic rings. The quantitative estimate of drug-likeness (QED) is 0.837. The summed E-state index contributed by atoms with van der Waals surface area (Å²) in [5.74, 6) is -0.0611. The molecule has 1 N–H and O–H groups in total. The van der Waals surface area contributed by atoms with Crippen molar-refractivity contribution in [3.05, 3.63) is 52.2 Å². The lowest BCUT2D eigenvalue weighted by Crippen LogP contribution is -2.22. The Hall–Kier alpha value is -1.94. The van der Waals surface area contributed by atoms with Crippen molar-refractivity contribution in [2.45, 2.75) is 13.0 Å². The maximum Gasteiger partial charge on any atom is 0.248 e. The Morgan fingerprint density at radius 1 is 1.22 bits per heavy atom. The number of nitrogens with zero attached hydrogens (tertiary/aromatic N) is 1. The first-order chi connectivity index (χ1) is 8.75. The third-order valence-electron chi connectivity index (χ3n) is 2.90. The number of thiophene rings is 1. The summed E-state index contributed by atoms with van der Waals surface area (Å²) >= 11 is 1.64. The average molecular weight is 256 g/mol. The molecule has 4 heteroatoms. The van der Waals surface area contributed by atoms with Gasteiger partial charge in [0.2, 0.25) is 5.91 Å². The fourth-order valence-electron chi connectivity index (χ4n) is 1.97. The second kappa shape index (κ2) is 4.38. The average Bonchev–Trinajstić information content (AvgIpc) is 2.86. The van der Waals surface area contributed by atoms with Crippen molar-refractivity contribution in [3.63, 3.8) is 0 Å². The monoisotopic (exact) mass is 256 g/mol. The zero-order chi connectivity index (χ0) is 12.5. The van der Waals surface area contributed by atoms with E-state index in [1.54, 1.807) is 11.3 Å². The lowest BCUT2D eigenvalue weighted by Gasteiger charge is -2.07. The summed E-state index contributed by atoms with van der Waals surface area (Å²) in [5.41, 5.74) is 2.71. The van der Waals surface area contributed by atoms with Crippen molar-refractivity contribution in [1.29, 1.82) is 0 Å². The summed E-state index contributed by atoms with van der Waals surface area (Å²) < 4.78 is 0. The normalized spacial score (nSPS) is 18.6. The molecule has 0 saturated carbocycles. The molecule has 90 valence electrons. The van der Waals surface area contributed by atoms with Gasteiger partial charge in [0.05, 0.1) is 16.3 Å². The number of hydrogen-bond acceptors (Lipinski definition) is 3. The van der Waals surface area contributed by atoms with E-state index in [0.29, 0.717) is 0 Å². The maximum absolute atomic E-state index is 11.9. The van der Waals surface area contributed by atoms with Gasteiger partial charge in [0.15, 0.2) is 0 Å². The number of amides is 1. The highest BCUT2D eigenvalue weighted by molar-refractivity contribution is 7.12. The topological polar surface area (TPSA) is 41.5 Å². The van der Waals surface area contributed by atoms with Gasteiger partial charge in [-0.3, -0.25) is 9.79 Å². The van der Waals surface area contributed by atoms with Crippen LogP contribution in [0.5, 0.6) is 0 Å². The van der Waals surface area contributed by atoms with Gasteiger partial charge in [-0.2, -0.15) is 0 Å². The molecule has 0 spiro atoms. The highest BCUT2D eigenvalue weighted by Gasteiger charge is 2.22. The van der Waals surface area contributed by atoms with Crippen LogP contribution in [0.2, 0.25) is 0 Å².